The van der Waals surface area contributed by atoms with Crippen LogP contribution in [0.15, 0.2) is 42.5 Å². The van der Waals surface area contributed by atoms with Crippen molar-refractivity contribution in [1.29, 1.82) is 0 Å². The number of para-hydroxylation sites is 1. The average Bonchev–Trinajstić information content (AvgIpc) is 2.41. The maximum absolute atomic E-state index is 13.4. The summed E-state index contributed by atoms with van der Waals surface area (Å²) in [5, 5.41) is 2.98. The molecule has 5 heteroatoms. The van der Waals surface area contributed by atoms with Gasteiger partial charge in [0.25, 0.3) is 0 Å². The lowest BCUT2D eigenvalue weighted by molar-refractivity contribution is -0.0504. The first-order valence-electron chi connectivity index (χ1n) is 6.09. The van der Waals surface area contributed by atoms with Crippen LogP contribution in [-0.4, -0.2) is 6.61 Å². The summed E-state index contributed by atoms with van der Waals surface area (Å²) in [6.07, 6.45) is 0. The largest absolute Gasteiger partial charge is 0.434 e. The minimum atomic E-state index is -2.87. The van der Waals surface area contributed by atoms with Crippen LogP contribution in [-0.2, 0) is 6.54 Å². The summed E-state index contributed by atoms with van der Waals surface area (Å²) in [4.78, 5) is 0. The van der Waals surface area contributed by atoms with Gasteiger partial charge < -0.3 is 10.1 Å². The standard InChI is InChI=1S/C15H14F3NO/c1-10-6-7-12(8-13(10)16)19-9-11-4-2-3-5-14(11)20-15(17)18/h2-8,15,19H,9H2,1H3. The molecule has 0 atom stereocenters. The van der Waals surface area contributed by atoms with Crippen LogP contribution in [0.5, 0.6) is 5.75 Å². The van der Waals surface area contributed by atoms with Gasteiger partial charge in [0.2, 0.25) is 0 Å². The van der Waals surface area contributed by atoms with Crippen molar-refractivity contribution in [3.05, 3.63) is 59.4 Å². The van der Waals surface area contributed by atoms with Gasteiger partial charge in [0, 0.05) is 17.8 Å². The Bertz CT molecular complexity index is 587. The number of halogens is 3. The minimum Gasteiger partial charge on any atom is -0.434 e. The van der Waals surface area contributed by atoms with Crippen LogP contribution in [0, 0.1) is 12.7 Å². The Morgan fingerprint density at radius 3 is 2.60 bits per heavy atom. The number of benzene rings is 2. The molecule has 0 heterocycles. The molecule has 0 fully saturated rings. The lowest BCUT2D eigenvalue weighted by atomic mass is 10.2. The van der Waals surface area contributed by atoms with Crippen LogP contribution in [0.25, 0.3) is 0 Å². The highest BCUT2D eigenvalue weighted by atomic mass is 19.3. The van der Waals surface area contributed by atoms with E-state index in [4.69, 9.17) is 0 Å². The topological polar surface area (TPSA) is 21.3 Å². The van der Waals surface area contributed by atoms with Crippen molar-refractivity contribution in [3.63, 3.8) is 0 Å². The Hall–Kier alpha value is -2.17. The van der Waals surface area contributed by atoms with Crippen molar-refractivity contribution in [2.45, 2.75) is 20.1 Å². The summed E-state index contributed by atoms with van der Waals surface area (Å²) in [7, 11) is 0. The lowest BCUT2D eigenvalue weighted by Gasteiger charge is -2.12. The number of hydrogen-bond donors (Lipinski definition) is 1. The number of nitrogens with one attached hydrogen (secondary N) is 1. The third-order valence-corrected chi connectivity index (χ3v) is 2.84. The van der Waals surface area contributed by atoms with Gasteiger partial charge in [-0.05, 0) is 30.7 Å². The van der Waals surface area contributed by atoms with Crippen molar-refractivity contribution < 1.29 is 17.9 Å². The molecule has 0 aliphatic rings. The molecule has 1 N–H and O–H groups in total. The molecule has 0 bridgehead atoms. The molecule has 2 nitrogen and oxygen atoms in total. The molecule has 2 rings (SSSR count). The second-order valence-corrected chi connectivity index (χ2v) is 4.30. The Balaban J connectivity index is 2.08. The smallest absolute Gasteiger partial charge is 0.387 e. The molecule has 2 aromatic rings. The molecule has 0 amide bonds. The van der Waals surface area contributed by atoms with Crippen LogP contribution in [0.3, 0.4) is 0 Å². The molecule has 0 saturated heterocycles. The predicted octanol–water partition coefficient (Wildman–Crippen LogP) is 4.35. The molecule has 2 aromatic carbocycles. The molecule has 0 aliphatic heterocycles. The van der Waals surface area contributed by atoms with E-state index in [0.717, 1.165) is 0 Å². The number of alkyl halides is 2. The summed E-state index contributed by atoms with van der Waals surface area (Å²) in [5.41, 5.74) is 1.71. The van der Waals surface area contributed by atoms with Crippen molar-refractivity contribution in [2.75, 3.05) is 5.32 Å². The number of ether oxygens (including phenoxy) is 1. The number of aryl methyl sites for hydroxylation is 1. The molecule has 0 aliphatic carbocycles. The van der Waals surface area contributed by atoms with Crippen LogP contribution >= 0.6 is 0 Å². The lowest BCUT2D eigenvalue weighted by Crippen LogP contribution is -2.07. The molecule has 0 saturated carbocycles. The molecule has 0 spiro atoms. The maximum atomic E-state index is 13.4. The van der Waals surface area contributed by atoms with E-state index in [9.17, 15) is 13.2 Å². The molecule has 0 aromatic heterocycles. The summed E-state index contributed by atoms with van der Waals surface area (Å²) in [6.45, 7) is -0.927. The summed E-state index contributed by atoms with van der Waals surface area (Å²) < 4.78 is 42.4. The average molecular weight is 281 g/mol. The highest BCUT2D eigenvalue weighted by Gasteiger charge is 2.09. The van der Waals surface area contributed by atoms with Gasteiger partial charge in [0.1, 0.15) is 11.6 Å². The summed E-state index contributed by atoms with van der Waals surface area (Å²) >= 11 is 0. The van der Waals surface area contributed by atoms with E-state index in [1.54, 1.807) is 37.3 Å². The van der Waals surface area contributed by atoms with Crippen LogP contribution in [0.1, 0.15) is 11.1 Å². The van der Waals surface area contributed by atoms with Gasteiger partial charge >= 0.3 is 6.61 Å². The fourth-order valence-electron chi connectivity index (χ4n) is 1.76. The molecular formula is C15H14F3NO. The van der Waals surface area contributed by atoms with Gasteiger partial charge in [-0.2, -0.15) is 8.78 Å². The van der Waals surface area contributed by atoms with E-state index in [1.807, 2.05) is 0 Å². The predicted molar refractivity (Wildman–Crippen MR) is 71.5 cm³/mol. The Labute approximate surface area is 115 Å². The van der Waals surface area contributed by atoms with Crippen LogP contribution < -0.4 is 10.1 Å². The molecule has 0 unspecified atom stereocenters. The first kappa shape index (κ1) is 14.2. The quantitative estimate of drug-likeness (QED) is 0.879. The number of anilines is 1. The zero-order valence-corrected chi connectivity index (χ0v) is 10.9. The summed E-state index contributed by atoms with van der Waals surface area (Å²) in [5.74, 6) is -0.199. The van der Waals surface area contributed by atoms with Crippen molar-refractivity contribution >= 4 is 5.69 Å². The molecule has 20 heavy (non-hydrogen) atoms. The van der Waals surface area contributed by atoms with E-state index in [2.05, 4.69) is 10.1 Å². The SMILES string of the molecule is Cc1ccc(NCc2ccccc2OC(F)F)cc1F. The van der Waals surface area contributed by atoms with E-state index in [1.165, 1.54) is 12.1 Å². The normalized spacial score (nSPS) is 10.7. The van der Waals surface area contributed by atoms with Gasteiger partial charge in [0.05, 0.1) is 0 Å². The van der Waals surface area contributed by atoms with Gasteiger partial charge in [0.15, 0.2) is 0 Å². The minimum absolute atomic E-state index is 0.114. The zero-order valence-electron chi connectivity index (χ0n) is 10.9. The highest BCUT2D eigenvalue weighted by molar-refractivity contribution is 5.47. The summed E-state index contributed by atoms with van der Waals surface area (Å²) in [6, 6.07) is 11.2. The van der Waals surface area contributed by atoms with E-state index < -0.39 is 6.61 Å². The second-order valence-electron chi connectivity index (χ2n) is 4.30. The Morgan fingerprint density at radius 1 is 1.15 bits per heavy atom. The van der Waals surface area contributed by atoms with Crippen molar-refractivity contribution in [1.82, 2.24) is 0 Å². The fourth-order valence-corrected chi connectivity index (χ4v) is 1.76. The van der Waals surface area contributed by atoms with Crippen molar-refractivity contribution in [3.8, 4) is 5.75 Å². The van der Waals surface area contributed by atoms with E-state index >= 15 is 0 Å². The zero-order chi connectivity index (χ0) is 14.5. The van der Waals surface area contributed by atoms with Gasteiger partial charge in [-0.15, -0.1) is 0 Å². The number of rotatable bonds is 5. The monoisotopic (exact) mass is 281 g/mol. The Kier molecular flexibility index (Phi) is 4.50. The number of hydrogen-bond acceptors (Lipinski definition) is 2. The maximum Gasteiger partial charge on any atom is 0.387 e. The third-order valence-electron chi connectivity index (χ3n) is 2.84. The first-order chi connectivity index (χ1) is 9.56. The second kappa shape index (κ2) is 6.32. The van der Waals surface area contributed by atoms with E-state index in [-0.39, 0.29) is 18.1 Å². The van der Waals surface area contributed by atoms with Gasteiger partial charge in [-0.3, -0.25) is 0 Å². The fraction of sp³-hybridized carbons (Fsp3) is 0.200. The first-order valence-corrected chi connectivity index (χ1v) is 6.09. The highest BCUT2D eigenvalue weighted by Crippen LogP contribution is 2.22. The molecule has 106 valence electrons. The molecular weight excluding hydrogens is 267 g/mol. The van der Waals surface area contributed by atoms with Crippen LogP contribution in [0.2, 0.25) is 0 Å². The Morgan fingerprint density at radius 2 is 1.90 bits per heavy atom. The molecule has 0 radical (unpaired) electrons. The van der Waals surface area contributed by atoms with Crippen molar-refractivity contribution in [2.24, 2.45) is 0 Å². The third kappa shape index (κ3) is 3.66. The van der Waals surface area contributed by atoms with Gasteiger partial charge in [-0.25, -0.2) is 4.39 Å². The van der Waals surface area contributed by atoms with Crippen LogP contribution in [0.4, 0.5) is 18.9 Å². The van der Waals surface area contributed by atoms with Gasteiger partial charge in [-0.1, -0.05) is 24.3 Å². The van der Waals surface area contributed by atoms with E-state index in [0.29, 0.717) is 16.8 Å².